The molecular weight excluding hydrogens is 374 g/mol. The monoisotopic (exact) mass is 405 g/mol. The van der Waals surface area contributed by atoms with Crippen LogP contribution in [0.15, 0.2) is 42.5 Å². The van der Waals surface area contributed by atoms with Crippen molar-refractivity contribution in [3.05, 3.63) is 59.2 Å². The first-order valence-corrected chi connectivity index (χ1v) is 14.0. The van der Waals surface area contributed by atoms with Gasteiger partial charge in [-0.25, -0.2) is 4.79 Å². The van der Waals surface area contributed by atoms with Crippen molar-refractivity contribution >= 4 is 14.0 Å². The average Bonchev–Trinajstić information content (AvgIpc) is 2.74. The fourth-order valence-electron chi connectivity index (χ4n) is 4.67. The average molecular weight is 406 g/mol. The van der Waals surface area contributed by atoms with Crippen molar-refractivity contribution in [1.29, 1.82) is 5.26 Å². The Morgan fingerprint density at radius 1 is 1.14 bits per heavy atom. The van der Waals surface area contributed by atoms with Gasteiger partial charge in [0.15, 0.2) is 0 Å². The van der Waals surface area contributed by atoms with E-state index in [9.17, 15) is 9.90 Å². The normalized spacial score (nSPS) is 21.5. The fourth-order valence-corrected chi connectivity index (χ4v) is 8.62. The van der Waals surface area contributed by atoms with Crippen molar-refractivity contribution < 1.29 is 9.90 Å². The molecule has 29 heavy (non-hydrogen) atoms. The molecule has 0 amide bonds. The number of hydrogen-bond acceptors (Lipinski definition) is 2. The van der Waals surface area contributed by atoms with Crippen LogP contribution in [-0.4, -0.2) is 19.1 Å². The lowest BCUT2D eigenvalue weighted by Crippen LogP contribution is -2.34. The third-order valence-electron chi connectivity index (χ3n) is 6.65. The van der Waals surface area contributed by atoms with Crippen molar-refractivity contribution in [2.24, 2.45) is 0 Å². The molecular formula is C25H31NO2Si. The number of carboxylic acid groups (broad SMARTS) is 1. The lowest BCUT2D eigenvalue weighted by atomic mass is 9.90. The van der Waals surface area contributed by atoms with Crippen LogP contribution in [0.5, 0.6) is 0 Å². The van der Waals surface area contributed by atoms with E-state index in [-0.39, 0.29) is 5.56 Å². The van der Waals surface area contributed by atoms with Crippen molar-refractivity contribution in [3.63, 3.8) is 0 Å². The SMILES string of the molecule is CCCCC[Si]1(C)CCC(c2ccc(-c3cc(C#N)ccc3C(=O)O)cc2)CC1. The Bertz CT molecular complexity index is 890. The third-order valence-corrected chi connectivity index (χ3v) is 11.2. The number of nitriles is 1. The van der Waals surface area contributed by atoms with Crippen molar-refractivity contribution in [1.82, 2.24) is 0 Å². The van der Waals surface area contributed by atoms with Crippen molar-refractivity contribution in [2.75, 3.05) is 0 Å². The van der Waals surface area contributed by atoms with E-state index in [0.29, 0.717) is 17.0 Å². The van der Waals surface area contributed by atoms with Crippen LogP contribution >= 0.6 is 0 Å². The molecule has 0 unspecified atom stereocenters. The molecule has 4 heteroatoms. The summed E-state index contributed by atoms with van der Waals surface area (Å²) in [4.78, 5) is 11.6. The highest BCUT2D eigenvalue weighted by atomic mass is 28.3. The predicted molar refractivity (Wildman–Crippen MR) is 121 cm³/mol. The lowest BCUT2D eigenvalue weighted by molar-refractivity contribution is 0.0697. The molecule has 0 atom stereocenters. The maximum Gasteiger partial charge on any atom is 0.336 e. The molecule has 0 spiro atoms. The Hall–Kier alpha value is -2.38. The number of nitrogens with zero attached hydrogens (tertiary/aromatic N) is 1. The quantitative estimate of drug-likeness (QED) is 0.396. The van der Waals surface area contributed by atoms with Gasteiger partial charge in [-0.15, -0.1) is 0 Å². The summed E-state index contributed by atoms with van der Waals surface area (Å²) in [6.07, 6.45) is 6.67. The van der Waals surface area contributed by atoms with Crippen LogP contribution in [-0.2, 0) is 0 Å². The van der Waals surface area contributed by atoms with Crippen molar-refractivity contribution in [3.8, 4) is 17.2 Å². The summed E-state index contributed by atoms with van der Waals surface area (Å²) in [7, 11) is -1.04. The van der Waals surface area contributed by atoms with E-state index in [2.05, 4.69) is 31.7 Å². The number of rotatable bonds is 7. The van der Waals surface area contributed by atoms with Gasteiger partial charge in [-0.05, 0) is 53.6 Å². The standard InChI is InChI=1S/C25H31NO2Si/c1-3-4-5-14-29(2)15-12-21(13-16-29)20-7-9-22(10-8-20)24-17-19(18-26)6-11-23(24)25(27)28/h6-11,17,21H,3-5,12-16H2,1-2H3,(H,27,28). The molecule has 0 saturated carbocycles. The van der Waals surface area contributed by atoms with E-state index in [1.54, 1.807) is 12.1 Å². The summed E-state index contributed by atoms with van der Waals surface area (Å²) in [6, 6.07) is 19.6. The topological polar surface area (TPSA) is 61.1 Å². The van der Waals surface area contributed by atoms with Crippen LogP contribution in [0.25, 0.3) is 11.1 Å². The van der Waals surface area contributed by atoms with Crippen LogP contribution in [0.2, 0.25) is 24.7 Å². The van der Waals surface area contributed by atoms with Gasteiger partial charge < -0.3 is 5.11 Å². The molecule has 3 rings (SSSR count). The highest BCUT2D eigenvalue weighted by Crippen LogP contribution is 2.41. The van der Waals surface area contributed by atoms with Crippen LogP contribution in [0, 0.1) is 11.3 Å². The van der Waals surface area contributed by atoms with E-state index >= 15 is 0 Å². The van der Waals surface area contributed by atoms with E-state index in [0.717, 1.165) is 5.56 Å². The highest BCUT2D eigenvalue weighted by molar-refractivity contribution is 6.78. The summed E-state index contributed by atoms with van der Waals surface area (Å²) in [5.41, 5.74) is 3.56. The van der Waals surface area contributed by atoms with Crippen LogP contribution in [0.1, 0.15) is 66.4 Å². The Balaban J connectivity index is 1.72. The zero-order valence-electron chi connectivity index (χ0n) is 17.6. The molecule has 152 valence electrons. The molecule has 2 aromatic rings. The number of aromatic carboxylic acids is 1. The van der Waals surface area contributed by atoms with Crippen LogP contribution in [0.4, 0.5) is 0 Å². The molecule has 1 aliphatic heterocycles. The van der Waals surface area contributed by atoms with E-state index < -0.39 is 14.0 Å². The maximum atomic E-state index is 11.6. The van der Waals surface area contributed by atoms with Crippen LogP contribution < -0.4 is 0 Å². The number of unbranched alkanes of at least 4 members (excludes halogenated alkanes) is 2. The summed E-state index contributed by atoms with van der Waals surface area (Å²) in [5.74, 6) is -0.339. The fraction of sp³-hybridized carbons (Fsp3) is 0.440. The second-order valence-electron chi connectivity index (χ2n) is 8.84. The van der Waals surface area contributed by atoms with E-state index in [4.69, 9.17) is 5.26 Å². The zero-order chi connectivity index (χ0) is 20.9. The van der Waals surface area contributed by atoms with Gasteiger partial charge in [0.1, 0.15) is 0 Å². The minimum absolute atomic E-state index is 0.239. The summed E-state index contributed by atoms with van der Waals surface area (Å²) >= 11 is 0. The summed E-state index contributed by atoms with van der Waals surface area (Å²) in [5, 5.41) is 18.7. The Kier molecular flexibility index (Phi) is 6.92. The smallest absolute Gasteiger partial charge is 0.336 e. The molecule has 1 fully saturated rings. The molecule has 1 N–H and O–H groups in total. The Morgan fingerprint density at radius 3 is 2.41 bits per heavy atom. The number of benzene rings is 2. The lowest BCUT2D eigenvalue weighted by Gasteiger charge is -2.36. The third kappa shape index (κ3) is 5.16. The van der Waals surface area contributed by atoms with Gasteiger partial charge in [-0.1, -0.05) is 75.1 Å². The molecule has 2 aromatic carbocycles. The summed E-state index contributed by atoms with van der Waals surface area (Å²) in [6.45, 7) is 4.87. The van der Waals surface area contributed by atoms with Gasteiger partial charge >= 0.3 is 5.97 Å². The van der Waals surface area contributed by atoms with E-state index in [1.165, 1.54) is 61.9 Å². The maximum absolute atomic E-state index is 11.6. The summed E-state index contributed by atoms with van der Waals surface area (Å²) < 4.78 is 0. The van der Waals surface area contributed by atoms with Gasteiger partial charge in [-0.3, -0.25) is 0 Å². The molecule has 0 radical (unpaired) electrons. The largest absolute Gasteiger partial charge is 0.478 e. The predicted octanol–water partition coefficient (Wildman–Crippen LogP) is 7.07. The number of hydrogen-bond donors (Lipinski definition) is 1. The van der Waals surface area contributed by atoms with Gasteiger partial charge in [0.2, 0.25) is 0 Å². The minimum atomic E-state index is -1.04. The number of carboxylic acids is 1. The Labute approximate surface area is 175 Å². The molecule has 1 saturated heterocycles. The molecule has 3 nitrogen and oxygen atoms in total. The first-order chi connectivity index (χ1) is 14.0. The first-order valence-electron chi connectivity index (χ1n) is 10.8. The van der Waals surface area contributed by atoms with Crippen molar-refractivity contribution in [2.45, 2.75) is 69.6 Å². The molecule has 0 aliphatic carbocycles. The Morgan fingerprint density at radius 2 is 1.83 bits per heavy atom. The first kappa shape index (κ1) is 21.3. The molecule has 1 heterocycles. The van der Waals surface area contributed by atoms with E-state index in [1.807, 2.05) is 12.1 Å². The second kappa shape index (κ2) is 9.41. The zero-order valence-corrected chi connectivity index (χ0v) is 18.6. The van der Waals surface area contributed by atoms with Gasteiger partial charge in [0.05, 0.1) is 25.3 Å². The van der Waals surface area contributed by atoms with Crippen LogP contribution in [0.3, 0.4) is 0 Å². The minimum Gasteiger partial charge on any atom is -0.478 e. The van der Waals surface area contributed by atoms with Gasteiger partial charge in [-0.2, -0.15) is 5.26 Å². The molecule has 0 bridgehead atoms. The highest BCUT2D eigenvalue weighted by Gasteiger charge is 2.32. The molecule has 0 aromatic heterocycles. The number of carbonyl (C=O) groups is 1. The molecule has 1 aliphatic rings. The second-order valence-corrected chi connectivity index (χ2v) is 14.0. The van der Waals surface area contributed by atoms with Gasteiger partial charge in [0.25, 0.3) is 0 Å². The van der Waals surface area contributed by atoms with Gasteiger partial charge in [0, 0.05) is 0 Å².